The number of benzene rings is 2. The summed E-state index contributed by atoms with van der Waals surface area (Å²) in [5.74, 6) is 0.238. The quantitative estimate of drug-likeness (QED) is 0.675. The van der Waals surface area contributed by atoms with Gasteiger partial charge < -0.3 is 10.6 Å². The number of nitrogens with one attached hydrogen (secondary N) is 2. The summed E-state index contributed by atoms with van der Waals surface area (Å²) in [4.78, 5) is 21.0. The van der Waals surface area contributed by atoms with Crippen molar-refractivity contribution in [3.8, 4) is 0 Å². The Morgan fingerprint density at radius 1 is 0.963 bits per heavy atom. The number of hydrogen-bond acceptors (Lipinski definition) is 4. The molecule has 5 nitrogen and oxygen atoms in total. The Labute approximate surface area is 159 Å². The minimum absolute atomic E-state index is 0.219. The van der Waals surface area contributed by atoms with Gasteiger partial charge in [0.25, 0.3) is 5.91 Å². The predicted octanol–water partition coefficient (Wildman–Crippen LogP) is 4.96. The first-order valence-corrected chi connectivity index (χ1v) is 9.03. The van der Waals surface area contributed by atoms with E-state index in [9.17, 15) is 4.79 Å². The fraction of sp³-hybridized carbons (Fsp3) is 0.227. The second-order valence-electron chi connectivity index (χ2n) is 6.70. The molecule has 0 aliphatic heterocycles. The molecule has 3 aromatic rings. The van der Waals surface area contributed by atoms with Gasteiger partial charge in [-0.1, -0.05) is 36.8 Å². The molecule has 2 N–H and O–H groups in total. The number of aryl methyl sites for hydroxylation is 4. The third kappa shape index (κ3) is 4.50. The molecule has 0 atom stereocenters. The number of carbonyl (C=O) groups excluding carboxylic acids is 1. The highest BCUT2D eigenvalue weighted by Crippen LogP contribution is 2.22. The molecular formula is C22H24N4O. The minimum Gasteiger partial charge on any atom is -0.324 e. The number of nitrogens with zero attached hydrogens (tertiary/aromatic N) is 2. The highest BCUT2D eigenvalue weighted by Gasteiger charge is 2.11. The second-order valence-corrected chi connectivity index (χ2v) is 6.70. The lowest BCUT2D eigenvalue weighted by Crippen LogP contribution is -2.15. The van der Waals surface area contributed by atoms with Crippen LogP contribution >= 0.6 is 0 Å². The molecule has 1 aromatic heterocycles. The van der Waals surface area contributed by atoms with Crippen LogP contribution in [0.2, 0.25) is 0 Å². The van der Waals surface area contributed by atoms with Gasteiger partial charge >= 0.3 is 0 Å². The average molecular weight is 360 g/mol. The van der Waals surface area contributed by atoms with Crippen LogP contribution in [-0.2, 0) is 6.42 Å². The van der Waals surface area contributed by atoms with Gasteiger partial charge in [-0.3, -0.25) is 4.79 Å². The largest absolute Gasteiger partial charge is 0.324 e. The highest BCUT2D eigenvalue weighted by atomic mass is 16.1. The molecule has 138 valence electrons. The van der Waals surface area contributed by atoms with E-state index in [-0.39, 0.29) is 5.91 Å². The van der Waals surface area contributed by atoms with Gasteiger partial charge in [0, 0.05) is 23.8 Å². The summed E-state index contributed by atoms with van der Waals surface area (Å²) in [7, 11) is 0. The summed E-state index contributed by atoms with van der Waals surface area (Å²) in [5.41, 5.74) is 6.69. The molecule has 0 fully saturated rings. The predicted molar refractivity (Wildman–Crippen MR) is 110 cm³/mol. The fourth-order valence-electron chi connectivity index (χ4n) is 3.03. The topological polar surface area (TPSA) is 66.9 Å². The Bertz CT molecular complexity index is 924. The molecule has 0 bridgehead atoms. The first kappa shape index (κ1) is 18.6. The zero-order chi connectivity index (χ0) is 19.4. The molecule has 27 heavy (non-hydrogen) atoms. The summed E-state index contributed by atoms with van der Waals surface area (Å²) < 4.78 is 0. The van der Waals surface area contributed by atoms with E-state index in [0.717, 1.165) is 28.9 Å². The van der Waals surface area contributed by atoms with Crippen molar-refractivity contribution in [2.75, 3.05) is 10.6 Å². The van der Waals surface area contributed by atoms with Gasteiger partial charge in [0.05, 0.1) is 5.56 Å². The Morgan fingerprint density at radius 3 is 2.11 bits per heavy atom. The molecule has 0 aliphatic rings. The molecule has 1 amide bonds. The van der Waals surface area contributed by atoms with Gasteiger partial charge in [-0.2, -0.15) is 0 Å². The third-order valence-electron chi connectivity index (χ3n) is 4.45. The summed E-state index contributed by atoms with van der Waals surface area (Å²) in [6.45, 7) is 8.14. The van der Waals surface area contributed by atoms with Crippen LogP contribution in [0.1, 0.15) is 39.5 Å². The molecule has 0 radical (unpaired) electrons. The molecule has 0 saturated heterocycles. The summed E-state index contributed by atoms with van der Waals surface area (Å²) in [6, 6.07) is 12.2. The van der Waals surface area contributed by atoms with Crippen molar-refractivity contribution in [3.63, 3.8) is 0 Å². The zero-order valence-corrected chi connectivity index (χ0v) is 16.1. The van der Waals surface area contributed by atoms with Crippen molar-refractivity contribution < 1.29 is 4.79 Å². The van der Waals surface area contributed by atoms with Gasteiger partial charge in [0.2, 0.25) is 5.95 Å². The van der Waals surface area contributed by atoms with Crippen molar-refractivity contribution >= 4 is 23.2 Å². The molecule has 0 spiro atoms. The van der Waals surface area contributed by atoms with E-state index in [1.807, 2.05) is 32.9 Å². The van der Waals surface area contributed by atoms with Crippen LogP contribution < -0.4 is 10.6 Å². The molecule has 0 aliphatic carbocycles. The molecule has 2 aromatic carbocycles. The van der Waals surface area contributed by atoms with Crippen LogP contribution in [0.5, 0.6) is 0 Å². The number of aromatic nitrogens is 2. The average Bonchev–Trinajstić information content (AvgIpc) is 2.65. The van der Waals surface area contributed by atoms with Gasteiger partial charge in [-0.05, 0) is 56.0 Å². The number of amides is 1. The van der Waals surface area contributed by atoms with E-state index in [1.165, 1.54) is 23.5 Å². The summed E-state index contributed by atoms with van der Waals surface area (Å²) >= 11 is 0. The van der Waals surface area contributed by atoms with Gasteiger partial charge in [-0.15, -0.1) is 0 Å². The zero-order valence-electron chi connectivity index (χ0n) is 16.1. The van der Waals surface area contributed by atoms with Crippen LogP contribution in [-0.4, -0.2) is 15.9 Å². The minimum atomic E-state index is -0.219. The third-order valence-corrected chi connectivity index (χ3v) is 4.45. The number of hydrogen-bond donors (Lipinski definition) is 2. The summed E-state index contributed by atoms with van der Waals surface area (Å²) in [5, 5.41) is 6.11. The van der Waals surface area contributed by atoms with E-state index in [1.54, 1.807) is 0 Å². The van der Waals surface area contributed by atoms with E-state index < -0.39 is 0 Å². The lowest BCUT2D eigenvalue weighted by atomic mass is 10.0. The molecule has 3 rings (SSSR count). The van der Waals surface area contributed by atoms with E-state index in [2.05, 4.69) is 51.8 Å². The van der Waals surface area contributed by atoms with Crippen LogP contribution in [0.4, 0.5) is 17.3 Å². The Kier molecular flexibility index (Phi) is 5.50. The number of anilines is 3. The monoisotopic (exact) mass is 360 g/mol. The van der Waals surface area contributed by atoms with Gasteiger partial charge in [0.1, 0.15) is 0 Å². The van der Waals surface area contributed by atoms with E-state index >= 15 is 0 Å². The Balaban J connectivity index is 1.70. The van der Waals surface area contributed by atoms with Crippen molar-refractivity contribution in [2.45, 2.75) is 34.1 Å². The molecule has 1 heterocycles. The van der Waals surface area contributed by atoms with Crippen molar-refractivity contribution in [3.05, 3.63) is 76.6 Å². The summed E-state index contributed by atoms with van der Waals surface area (Å²) in [6.07, 6.45) is 4.06. The molecular weight excluding hydrogens is 336 g/mol. The first-order valence-electron chi connectivity index (χ1n) is 9.03. The lowest BCUT2D eigenvalue weighted by molar-refractivity contribution is 0.102. The van der Waals surface area contributed by atoms with Crippen LogP contribution in [0, 0.1) is 20.8 Å². The highest BCUT2D eigenvalue weighted by molar-refractivity contribution is 6.04. The first-order chi connectivity index (χ1) is 13.0. The molecule has 5 heteroatoms. The van der Waals surface area contributed by atoms with Crippen molar-refractivity contribution in [2.24, 2.45) is 0 Å². The molecule has 0 saturated carbocycles. The van der Waals surface area contributed by atoms with Crippen LogP contribution in [0.15, 0.2) is 48.8 Å². The van der Waals surface area contributed by atoms with Crippen molar-refractivity contribution in [1.82, 2.24) is 9.97 Å². The maximum atomic E-state index is 12.5. The number of rotatable bonds is 5. The van der Waals surface area contributed by atoms with E-state index in [0.29, 0.717) is 11.5 Å². The normalized spacial score (nSPS) is 10.5. The Hall–Kier alpha value is -3.21. The van der Waals surface area contributed by atoms with Gasteiger partial charge in [-0.25, -0.2) is 9.97 Å². The SMILES string of the molecule is CCc1ccc(Nc2ncc(C(=O)Nc3c(C)cc(C)cc3C)cn2)cc1. The maximum absolute atomic E-state index is 12.5. The second kappa shape index (κ2) is 7.99. The fourth-order valence-corrected chi connectivity index (χ4v) is 3.03. The van der Waals surface area contributed by atoms with E-state index in [4.69, 9.17) is 0 Å². The molecule has 0 unspecified atom stereocenters. The number of carbonyl (C=O) groups is 1. The van der Waals surface area contributed by atoms with Crippen LogP contribution in [0.3, 0.4) is 0 Å². The standard InChI is InChI=1S/C22H24N4O/c1-5-17-6-8-19(9-7-17)25-22-23-12-18(13-24-22)21(27)26-20-15(3)10-14(2)11-16(20)4/h6-13H,5H2,1-4H3,(H,26,27)(H,23,24,25). The maximum Gasteiger partial charge on any atom is 0.258 e. The Morgan fingerprint density at radius 2 is 1.56 bits per heavy atom. The van der Waals surface area contributed by atoms with Gasteiger partial charge in [0.15, 0.2) is 0 Å². The van der Waals surface area contributed by atoms with Crippen LogP contribution in [0.25, 0.3) is 0 Å². The smallest absolute Gasteiger partial charge is 0.258 e. The lowest BCUT2D eigenvalue weighted by Gasteiger charge is -2.13. The van der Waals surface area contributed by atoms with Crippen molar-refractivity contribution in [1.29, 1.82) is 0 Å².